The summed E-state index contributed by atoms with van der Waals surface area (Å²) in [6.45, 7) is 2.10. The van der Waals surface area contributed by atoms with Crippen LogP contribution >= 0.6 is 35.2 Å². The van der Waals surface area contributed by atoms with Crippen molar-refractivity contribution in [2.75, 3.05) is 0 Å². The summed E-state index contributed by atoms with van der Waals surface area (Å²) in [6, 6.07) is 6.51. The number of aryl methyl sites for hydroxylation is 1. The van der Waals surface area contributed by atoms with Crippen molar-refractivity contribution in [1.82, 2.24) is 16.2 Å². The van der Waals surface area contributed by atoms with Crippen LogP contribution in [0.1, 0.15) is 47.8 Å². The Bertz CT molecular complexity index is 769. The lowest BCUT2D eigenvalue weighted by Gasteiger charge is -2.15. The van der Waals surface area contributed by atoms with Crippen LogP contribution in [-0.2, 0) is 6.42 Å². The summed E-state index contributed by atoms with van der Waals surface area (Å²) in [5.74, 6) is -0.269. The molecular weight excluding hydrogens is 362 g/mol. The molecule has 1 amide bonds. The van der Waals surface area contributed by atoms with Crippen molar-refractivity contribution in [1.29, 1.82) is 0 Å². The average molecular weight is 382 g/mol. The predicted molar refractivity (Wildman–Crippen MR) is 105 cm³/mol. The quantitative estimate of drug-likeness (QED) is 0.551. The molecule has 0 unspecified atom stereocenters. The SMILES string of the molecule is CCc1ccc2c(Cl)c(C(=O)NNC(=S)NC3CCCC3)sc2c1. The fourth-order valence-corrected chi connectivity index (χ4v) is 4.63. The number of thiocarbonyl (C=S) groups is 1. The van der Waals surface area contributed by atoms with Crippen molar-refractivity contribution in [2.45, 2.75) is 45.1 Å². The van der Waals surface area contributed by atoms with Crippen molar-refractivity contribution in [2.24, 2.45) is 0 Å². The number of carbonyl (C=O) groups excluding carboxylic acids is 1. The van der Waals surface area contributed by atoms with Crippen molar-refractivity contribution in [3.8, 4) is 0 Å². The minimum absolute atomic E-state index is 0.269. The van der Waals surface area contributed by atoms with Gasteiger partial charge in [-0.25, -0.2) is 0 Å². The van der Waals surface area contributed by atoms with Gasteiger partial charge in [-0.2, -0.15) is 0 Å². The molecule has 0 bridgehead atoms. The number of amides is 1. The molecule has 1 aliphatic rings. The first-order chi connectivity index (χ1) is 11.6. The van der Waals surface area contributed by atoms with Crippen LogP contribution in [0.3, 0.4) is 0 Å². The van der Waals surface area contributed by atoms with Gasteiger partial charge in [0.05, 0.1) is 5.02 Å². The van der Waals surface area contributed by atoms with E-state index in [4.69, 9.17) is 23.8 Å². The highest BCUT2D eigenvalue weighted by molar-refractivity contribution is 7.80. The topological polar surface area (TPSA) is 53.2 Å². The standard InChI is InChI=1S/C17H20ClN3OS2/c1-2-10-7-8-12-13(9-10)24-15(14(12)18)16(22)20-21-17(23)19-11-5-3-4-6-11/h7-9,11H,2-6H2,1H3,(H,20,22)(H2,19,21,23). The number of carbonyl (C=O) groups is 1. The highest BCUT2D eigenvalue weighted by atomic mass is 35.5. The van der Waals surface area contributed by atoms with Crippen LogP contribution in [0.15, 0.2) is 18.2 Å². The van der Waals surface area contributed by atoms with E-state index in [1.54, 1.807) is 0 Å². The molecule has 24 heavy (non-hydrogen) atoms. The highest BCUT2D eigenvalue weighted by Crippen LogP contribution is 2.35. The van der Waals surface area contributed by atoms with Gasteiger partial charge in [0.15, 0.2) is 5.11 Å². The molecule has 0 saturated heterocycles. The normalized spacial score (nSPS) is 14.8. The number of halogens is 1. The summed E-state index contributed by atoms with van der Waals surface area (Å²) in [7, 11) is 0. The molecule has 4 nitrogen and oxygen atoms in total. The van der Waals surface area contributed by atoms with E-state index in [0.29, 0.717) is 21.1 Å². The molecule has 2 aromatic rings. The number of thiophene rings is 1. The van der Waals surface area contributed by atoms with Crippen molar-refractivity contribution in [3.05, 3.63) is 33.7 Å². The first kappa shape index (κ1) is 17.5. The zero-order chi connectivity index (χ0) is 17.1. The molecule has 0 spiro atoms. The average Bonchev–Trinajstić information content (AvgIpc) is 3.20. The molecule has 0 aliphatic heterocycles. The molecule has 3 N–H and O–H groups in total. The minimum atomic E-state index is -0.269. The zero-order valence-electron chi connectivity index (χ0n) is 13.4. The molecule has 1 fully saturated rings. The van der Waals surface area contributed by atoms with Crippen LogP contribution in [0.4, 0.5) is 0 Å². The van der Waals surface area contributed by atoms with Crippen molar-refractivity contribution >= 4 is 56.3 Å². The lowest BCUT2D eigenvalue weighted by atomic mass is 10.1. The smallest absolute Gasteiger partial charge is 0.281 e. The Balaban J connectivity index is 1.65. The third kappa shape index (κ3) is 3.82. The summed E-state index contributed by atoms with van der Waals surface area (Å²) in [5.41, 5.74) is 6.64. The molecule has 1 heterocycles. The number of hydrogen-bond acceptors (Lipinski definition) is 3. The summed E-state index contributed by atoms with van der Waals surface area (Å²) in [4.78, 5) is 12.9. The molecule has 3 rings (SSSR count). The van der Waals surface area contributed by atoms with Crippen molar-refractivity contribution < 1.29 is 4.79 Å². The van der Waals surface area contributed by atoms with Gasteiger partial charge in [-0.05, 0) is 43.1 Å². The molecule has 1 saturated carbocycles. The molecule has 1 aromatic heterocycles. The third-order valence-corrected chi connectivity index (χ3v) is 6.16. The number of benzene rings is 1. The second-order valence-corrected chi connectivity index (χ2v) is 7.80. The van der Waals surface area contributed by atoms with E-state index in [0.717, 1.165) is 29.3 Å². The maximum Gasteiger partial charge on any atom is 0.281 e. The minimum Gasteiger partial charge on any atom is -0.359 e. The van der Waals surface area contributed by atoms with E-state index >= 15 is 0 Å². The second-order valence-electron chi connectivity index (χ2n) is 5.96. The third-order valence-electron chi connectivity index (χ3n) is 4.29. The van der Waals surface area contributed by atoms with Gasteiger partial charge in [0.2, 0.25) is 0 Å². The summed E-state index contributed by atoms with van der Waals surface area (Å²) in [5, 5.41) is 5.07. The van der Waals surface area contributed by atoms with Gasteiger partial charge in [-0.1, -0.05) is 43.5 Å². The predicted octanol–water partition coefficient (Wildman–Crippen LogP) is 4.17. The second kappa shape index (κ2) is 7.68. The number of hydrazine groups is 1. The molecular formula is C17H20ClN3OS2. The van der Waals surface area contributed by atoms with Gasteiger partial charge in [0.1, 0.15) is 4.88 Å². The van der Waals surface area contributed by atoms with Gasteiger partial charge >= 0.3 is 0 Å². The lowest BCUT2D eigenvalue weighted by Crippen LogP contribution is -2.49. The van der Waals surface area contributed by atoms with Gasteiger partial charge in [0, 0.05) is 16.1 Å². The van der Waals surface area contributed by atoms with Crippen LogP contribution in [0.25, 0.3) is 10.1 Å². The molecule has 7 heteroatoms. The summed E-state index contributed by atoms with van der Waals surface area (Å²) in [6.07, 6.45) is 5.65. The molecule has 0 radical (unpaired) electrons. The van der Waals surface area contributed by atoms with Gasteiger partial charge in [-0.15, -0.1) is 11.3 Å². The number of fused-ring (bicyclic) bond motifs is 1. The van der Waals surface area contributed by atoms with Crippen LogP contribution in [0.5, 0.6) is 0 Å². The number of nitrogens with one attached hydrogen (secondary N) is 3. The molecule has 1 aliphatic carbocycles. The molecule has 0 atom stereocenters. The highest BCUT2D eigenvalue weighted by Gasteiger charge is 2.19. The van der Waals surface area contributed by atoms with E-state index in [2.05, 4.69) is 29.2 Å². The van der Waals surface area contributed by atoms with Gasteiger partial charge in [0.25, 0.3) is 5.91 Å². The van der Waals surface area contributed by atoms with Crippen LogP contribution in [-0.4, -0.2) is 17.1 Å². The Labute approximate surface area is 155 Å². The van der Waals surface area contributed by atoms with Gasteiger partial charge in [-0.3, -0.25) is 15.6 Å². The Morgan fingerprint density at radius 3 is 2.79 bits per heavy atom. The maximum absolute atomic E-state index is 12.4. The molecule has 1 aromatic carbocycles. The monoisotopic (exact) mass is 381 g/mol. The first-order valence-electron chi connectivity index (χ1n) is 8.16. The van der Waals surface area contributed by atoms with E-state index in [9.17, 15) is 4.79 Å². The number of rotatable bonds is 3. The largest absolute Gasteiger partial charge is 0.359 e. The van der Waals surface area contributed by atoms with Crippen LogP contribution < -0.4 is 16.2 Å². The van der Waals surface area contributed by atoms with E-state index in [1.165, 1.54) is 29.7 Å². The molecule has 128 valence electrons. The fourth-order valence-electron chi connectivity index (χ4n) is 2.94. The summed E-state index contributed by atoms with van der Waals surface area (Å²) < 4.78 is 1.02. The number of hydrogen-bond donors (Lipinski definition) is 3. The van der Waals surface area contributed by atoms with Crippen LogP contribution in [0.2, 0.25) is 5.02 Å². The Morgan fingerprint density at radius 1 is 1.33 bits per heavy atom. The van der Waals surface area contributed by atoms with E-state index in [1.807, 2.05) is 12.1 Å². The Kier molecular flexibility index (Phi) is 5.58. The zero-order valence-corrected chi connectivity index (χ0v) is 15.8. The van der Waals surface area contributed by atoms with Crippen LogP contribution in [0, 0.1) is 0 Å². The van der Waals surface area contributed by atoms with Gasteiger partial charge < -0.3 is 5.32 Å². The maximum atomic E-state index is 12.4. The Hall–Kier alpha value is -1.37. The fraction of sp³-hybridized carbons (Fsp3) is 0.412. The Morgan fingerprint density at radius 2 is 2.08 bits per heavy atom. The summed E-state index contributed by atoms with van der Waals surface area (Å²) >= 11 is 13.0. The lowest BCUT2D eigenvalue weighted by molar-refractivity contribution is 0.0948. The first-order valence-corrected chi connectivity index (χ1v) is 9.76. The van der Waals surface area contributed by atoms with E-state index in [-0.39, 0.29) is 5.91 Å². The van der Waals surface area contributed by atoms with Crippen molar-refractivity contribution in [3.63, 3.8) is 0 Å². The van der Waals surface area contributed by atoms with E-state index < -0.39 is 0 Å².